The first-order valence-corrected chi connectivity index (χ1v) is 10.1. The second-order valence-electron chi connectivity index (χ2n) is 6.42. The van der Waals surface area contributed by atoms with Crippen LogP contribution in [0.5, 0.6) is 0 Å². The molecule has 1 N–H and O–H groups in total. The quantitative estimate of drug-likeness (QED) is 0.651. The van der Waals surface area contributed by atoms with Gasteiger partial charge < -0.3 is 19.5 Å². The third-order valence-electron chi connectivity index (χ3n) is 4.45. The van der Waals surface area contributed by atoms with Gasteiger partial charge in [-0.3, -0.25) is 4.79 Å². The number of anilines is 1. The smallest absolute Gasteiger partial charge is 0.227 e. The van der Waals surface area contributed by atoms with E-state index in [1.54, 1.807) is 17.5 Å². The fourth-order valence-electron chi connectivity index (χ4n) is 2.88. The summed E-state index contributed by atoms with van der Waals surface area (Å²) in [5, 5.41) is 10.8. The van der Waals surface area contributed by atoms with Crippen molar-refractivity contribution in [2.75, 3.05) is 31.2 Å². The van der Waals surface area contributed by atoms with Crippen LogP contribution in [0.2, 0.25) is 0 Å². The van der Waals surface area contributed by atoms with Crippen LogP contribution >= 0.6 is 11.3 Å². The lowest BCUT2D eigenvalue weighted by molar-refractivity contribution is -0.121. The van der Waals surface area contributed by atoms with Crippen LogP contribution < -0.4 is 10.2 Å². The fraction of sp³-hybridized carbons (Fsp3) is 0.368. The summed E-state index contributed by atoms with van der Waals surface area (Å²) in [6.45, 7) is 3.61. The number of carbonyl (C=O) groups excluding carboxylic acids is 1. The molecule has 0 aromatic carbocycles. The minimum Gasteiger partial charge on any atom is -0.378 e. The first-order valence-electron chi connectivity index (χ1n) is 9.17. The molecule has 4 rings (SSSR count). The molecule has 1 saturated heterocycles. The van der Waals surface area contributed by atoms with Crippen LogP contribution in [0, 0.1) is 0 Å². The largest absolute Gasteiger partial charge is 0.378 e. The molecular weight excluding hydrogens is 378 g/mol. The van der Waals surface area contributed by atoms with Crippen LogP contribution in [0.1, 0.15) is 17.9 Å². The maximum atomic E-state index is 12.1. The SMILES string of the molecule is O=C(CCc1nc(-c2ccsc2)no1)NCc1ccc(N2CCOCC2)nc1. The number of nitrogens with one attached hydrogen (secondary N) is 1. The van der Waals surface area contributed by atoms with E-state index in [2.05, 4.69) is 25.3 Å². The third kappa shape index (κ3) is 4.73. The Bertz CT molecular complexity index is 889. The van der Waals surface area contributed by atoms with Gasteiger partial charge in [0.2, 0.25) is 17.6 Å². The highest BCUT2D eigenvalue weighted by molar-refractivity contribution is 7.08. The van der Waals surface area contributed by atoms with Crippen molar-refractivity contribution in [1.29, 1.82) is 0 Å². The lowest BCUT2D eigenvalue weighted by atomic mass is 10.2. The predicted octanol–water partition coefficient (Wildman–Crippen LogP) is 2.28. The Morgan fingerprint density at radius 3 is 2.89 bits per heavy atom. The van der Waals surface area contributed by atoms with Crippen molar-refractivity contribution in [1.82, 2.24) is 20.4 Å². The molecule has 28 heavy (non-hydrogen) atoms. The van der Waals surface area contributed by atoms with Gasteiger partial charge in [-0.1, -0.05) is 11.2 Å². The number of ether oxygens (including phenoxy) is 1. The summed E-state index contributed by atoms with van der Waals surface area (Å²) in [5.41, 5.74) is 1.89. The molecule has 1 aliphatic rings. The zero-order chi connectivity index (χ0) is 19.2. The number of aryl methyl sites for hydroxylation is 1. The molecule has 146 valence electrons. The van der Waals surface area contributed by atoms with E-state index in [1.165, 1.54) is 0 Å². The molecule has 3 aromatic heterocycles. The van der Waals surface area contributed by atoms with Crippen LogP contribution in [0.4, 0.5) is 5.82 Å². The topological polar surface area (TPSA) is 93.4 Å². The first-order chi connectivity index (χ1) is 13.8. The van der Waals surface area contributed by atoms with E-state index in [-0.39, 0.29) is 5.91 Å². The van der Waals surface area contributed by atoms with Crippen molar-refractivity contribution >= 4 is 23.1 Å². The maximum absolute atomic E-state index is 12.1. The van der Waals surface area contributed by atoms with Crippen molar-refractivity contribution in [2.24, 2.45) is 0 Å². The van der Waals surface area contributed by atoms with Crippen molar-refractivity contribution in [3.8, 4) is 11.4 Å². The Balaban J connectivity index is 1.22. The van der Waals surface area contributed by atoms with E-state index in [4.69, 9.17) is 9.26 Å². The van der Waals surface area contributed by atoms with Crippen LogP contribution in [0.3, 0.4) is 0 Å². The molecule has 0 spiro atoms. The van der Waals surface area contributed by atoms with E-state index in [1.807, 2.05) is 29.0 Å². The minimum absolute atomic E-state index is 0.0625. The van der Waals surface area contributed by atoms with Gasteiger partial charge in [-0.25, -0.2) is 4.98 Å². The van der Waals surface area contributed by atoms with Gasteiger partial charge in [0.05, 0.1) is 13.2 Å². The van der Waals surface area contributed by atoms with Gasteiger partial charge in [0, 0.05) is 49.6 Å². The molecule has 1 fully saturated rings. The summed E-state index contributed by atoms with van der Waals surface area (Å²) in [6.07, 6.45) is 2.51. The van der Waals surface area contributed by atoms with Crippen LogP contribution in [0.25, 0.3) is 11.4 Å². The Labute approximate surface area is 166 Å². The van der Waals surface area contributed by atoms with Crippen molar-refractivity contribution in [2.45, 2.75) is 19.4 Å². The lowest BCUT2D eigenvalue weighted by Gasteiger charge is -2.27. The van der Waals surface area contributed by atoms with Gasteiger partial charge >= 0.3 is 0 Å². The van der Waals surface area contributed by atoms with Gasteiger partial charge in [0.1, 0.15) is 5.82 Å². The number of nitrogens with zero attached hydrogens (tertiary/aromatic N) is 4. The second-order valence-corrected chi connectivity index (χ2v) is 7.20. The standard InChI is InChI=1S/C19H21N5O3S/c25-17(3-4-18-22-19(23-27-18)15-5-10-28-13-15)21-12-14-1-2-16(20-11-14)24-6-8-26-9-7-24/h1-2,5,10-11,13H,3-4,6-9,12H2,(H,21,25). The molecule has 1 aliphatic heterocycles. The summed E-state index contributed by atoms with van der Waals surface area (Å²) < 4.78 is 10.6. The Kier molecular flexibility index (Phi) is 5.93. The number of pyridine rings is 1. The zero-order valence-corrected chi connectivity index (χ0v) is 16.2. The maximum Gasteiger partial charge on any atom is 0.227 e. The minimum atomic E-state index is -0.0625. The number of hydrogen-bond donors (Lipinski definition) is 1. The molecule has 0 bridgehead atoms. The van der Waals surface area contributed by atoms with Crippen molar-refractivity contribution < 1.29 is 14.1 Å². The second kappa shape index (κ2) is 8.94. The summed E-state index contributed by atoms with van der Waals surface area (Å²) >= 11 is 1.58. The number of thiophene rings is 1. The van der Waals surface area contributed by atoms with Gasteiger partial charge in [-0.15, -0.1) is 0 Å². The molecule has 9 heteroatoms. The summed E-state index contributed by atoms with van der Waals surface area (Å²) in [7, 11) is 0. The van der Waals surface area contributed by atoms with Crippen LogP contribution in [0.15, 0.2) is 39.7 Å². The summed E-state index contributed by atoms with van der Waals surface area (Å²) in [4.78, 5) is 23.1. The predicted molar refractivity (Wildman–Crippen MR) is 105 cm³/mol. The molecule has 1 amide bonds. The van der Waals surface area contributed by atoms with Crippen LogP contribution in [-0.4, -0.2) is 47.3 Å². The van der Waals surface area contributed by atoms with E-state index in [0.29, 0.717) is 31.1 Å². The van der Waals surface area contributed by atoms with Crippen molar-refractivity contribution in [3.63, 3.8) is 0 Å². The average molecular weight is 399 g/mol. The Morgan fingerprint density at radius 2 is 2.14 bits per heavy atom. The molecule has 0 aliphatic carbocycles. The van der Waals surface area contributed by atoms with E-state index < -0.39 is 0 Å². The first kappa shape index (κ1) is 18.6. The van der Waals surface area contributed by atoms with E-state index in [9.17, 15) is 4.79 Å². The van der Waals surface area contributed by atoms with Crippen LogP contribution in [-0.2, 0) is 22.5 Å². The summed E-state index contributed by atoms with van der Waals surface area (Å²) in [6, 6.07) is 5.91. The molecule has 0 radical (unpaired) electrons. The molecule has 0 saturated carbocycles. The molecule has 3 aromatic rings. The fourth-order valence-corrected chi connectivity index (χ4v) is 3.51. The van der Waals surface area contributed by atoms with Gasteiger partial charge in [0.15, 0.2) is 0 Å². The number of hydrogen-bond acceptors (Lipinski definition) is 8. The number of amides is 1. The third-order valence-corrected chi connectivity index (χ3v) is 5.13. The Hall–Kier alpha value is -2.78. The molecule has 4 heterocycles. The highest BCUT2D eigenvalue weighted by Crippen LogP contribution is 2.19. The average Bonchev–Trinajstić information content (AvgIpc) is 3.43. The molecule has 8 nitrogen and oxygen atoms in total. The van der Waals surface area contributed by atoms with Crippen molar-refractivity contribution in [3.05, 3.63) is 46.6 Å². The summed E-state index contributed by atoms with van der Waals surface area (Å²) in [5.74, 6) is 1.90. The van der Waals surface area contributed by atoms with Gasteiger partial charge in [0.25, 0.3) is 0 Å². The zero-order valence-electron chi connectivity index (χ0n) is 15.3. The van der Waals surface area contributed by atoms with Gasteiger partial charge in [-0.2, -0.15) is 16.3 Å². The van der Waals surface area contributed by atoms with E-state index >= 15 is 0 Å². The number of morpholine rings is 1. The number of aromatic nitrogens is 3. The highest BCUT2D eigenvalue weighted by atomic mass is 32.1. The number of rotatable bonds is 7. The molecule has 0 unspecified atom stereocenters. The molecular formula is C19H21N5O3S. The Morgan fingerprint density at radius 1 is 1.25 bits per heavy atom. The highest BCUT2D eigenvalue weighted by Gasteiger charge is 2.13. The monoisotopic (exact) mass is 399 g/mol. The lowest BCUT2D eigenvalue weighted by Crippen LogP contribution is -2.36. The number of carbonyl (C=O) groups is 1. The normalized spacial score (nSPS) is 14.2. The van der Waals surface area contributed by atoms with Gasteiger partial charge in [-0.05, 0) is 23.1 Å². The van der Waals surface area contributed by atoms with E-state index in [0.717, 1.165) is 43.2 Å². The molecule has 0 atom stereocenters.